The first-order valence-electron chi connectivity index (χ1n) is 8.43. The number of nitrogens with one attached hydrogen (secondary N) is 1. The molecule has 0 atom stereocenters. The summed E-state index contributed by atoms with van der Waals surface area (Å²) in [6.07, 6.45) is 6.00. The molecule has 0 bridgehead atoms. The normalized spacial score (nSPS) is 15.2. The fourth-order valence-corrected chi connectivity index (χ4v) is 3.22. The third-order valence-corrected chi connectivity index (χ3v) is 4.69. The minimum Gasteiger partial charge on any atom is -0.325 e. The number of nitrogens with zero attached hydrogens (tertiary/aromatic N) is 1. The third-order valence-electron chi connectivity index (χ3n) is 4.69. The van der Waals surface area contributed by atoms with Crippen molar-refractivity contribution in [1.29, 1.82) is 0 Å². The zero-order valence-electron chi connectivity index (χ0n) is 13.7. The van der Waals surface area contributed by atoms with Gasteiger partial charge in [-0.2, -0.15) is 0 Å². The van der Waals surface area contributed by atoms with Gasteiger partial charge in [0, 0.05) is 18.8 Å². The summed E-state index contributed by atoms with van der Waals surface area (Å²) in [5.74, 6) is 0. The number of urea groups is 1. The van der Waals surface area contributed by atoms with E-state index in [9.17, 15) is 4.79 Å². The highest BCUT2D eigenvalue weighted by Crippen LogP contribution is 2.23. The Morgan fingerprint density at radius 1 is 0.913 bits per heavy atom. The molecular weight excluding hydrogens is 284 g/mol. The van der Waals surface area contributed by atoms with Crippen molar-refractivity contribution in [3.63, 3.8) is 0 Å². The molecule has 3 nitrogen and oxygen atoms in total. The number of hydrogen-bond acceptors (Lipinski definition) is 1. The topological polar surface area (TPSA) is 32.3 Å². The molecule has 3 heteroatoms. The van der Waals surface area contributed by atoms with Crippen molar-refractivity contribution in [2.75, 3.05) is 12.4 Å². The average Bonchev–Trinajstić information content (AvgIpc) is 2.63. The highest BCUT2D eigenvalue weighted by molar-refractivity contribution is 5.89. The summed E-state index contributed by atoms with van der Waals surface area (Å²) in [4.78, 5) is 14.2. The molecule has 23 heavy (non-hydrogen) atoms. The van der Waals surface area contributed by atoms with Crippen LogP contribution in [-0.2, 0) is 0 Å². The van der Waals surface area contributed by atoms with Gasteiger partial charge in [-0.3, -0.25) is 0 Å². The Morgan fingerprint density at radius 3 is 2.17 bits per heavy atom. The van der Waals surface area contributed by atoms with E-state index in [1.165, 1.54) is 24.8 Å². The minimum atomic E-state index is -0.00985. The van der Waals surface area contributed by atoms with Gasteiger partial charge in [0.15, 0.2) is 0 Å². The molecule has 120 valence electrons. The summed E-state index contributed by atoms with van der Waals surface area (Å²) in [6.45, 7) is 0. The smallest absolute Gasteiger partial charge is 0.321 e. The molecular formula is C20H24N2O. The summed E-state index contributed by atoms with van der Waals surface area (Å²) in [7, 11) is 1.91. The summed E-state index contributed by atoms with van der Waals surface area (Å²) >= 11 is 0. The summed E-state index contributed by atoms with van der Waals surface area (Å²) in [5, 5.41) is 3.00. The molecule has 0 aromatic heterocycles. The minimum absolute atomic E-state index is 0.00985. The van der Waals surface area contributed by atoms with Gasteiger partial charge < -0.3 is 10.2 Å². The van der Waals surface area contributed by atoms with E-state index in [1.54, 1.807) is 0 Å². The molecule has 2 aromatic carbocycles. The zero-order valence-corrected chi connectivity index (χ0v) is 13.7. The zero-order chi connectivity index (χ0) is 16.1. The Balaban J connectivity index is 1.62. The second kappa shape index (κ2) is 7.32. The van der Waals surface area contributed by atoms with Crippen molar-refractivity contribution < 1.29 is 4.79 Å². The van der Waals surface area contributed by atoms with Crippen molar-refractivity contribution in [1.82, 2.24) is 4.90 Å². The largest absolute Gasteiger partial charge is 0.325 e. The van der Waals surface area contributed by atoms with E-state index in [-0.39, 0.29) is 6.03 Å². The molecule has 2 amide bonds. The first-order valence-corrected chi connectivity index (χ1v) is 8.43. The molecule has 1 N–H and O–H groups in total. The van der Waals surface area contributed by atoms with E-state index in [0.29, 0.717) is 6.04 Å². The van der Waals surface area contributed by atoms with E-state index in [0.717, 1.165) is 24.1 Å². The molecule has 0 spiro atoms. The molecule has 2 aromatic rings. The predicted octanol–water partition coefficient (Wildman–Crippen LogP) is 5.15. The maximum absolute atomic E-state index is 12.4. The van der Waals surface area contributed by atoms with Gasteiger partial charge in [-0.25, -0.2) is 4.79 Å². The van der Waals surface area contributed by atoms with Crippen LogP contribution in [0.3, 0.4) is 0 Å². The number of hydrogen-bond donors (Lipinski definition) is 1. The lowest BCUT2D eigenvalue weighted by Gasteiger charge is -2.31. The average molecular weight is 308 g/mol. The first kappa shape index (κ1) is 15.6. The number of carbonyl (C=O) groups excluding carboxylic acids is 1. The highest BCUT2D eigenvalue weighted by Gasteiger charge is 2.21. The van der Waals surface area contributed by atoms with E-state index in [2.05, 4.69) is 17.4 Å². The second-order valence-corrected chi connectivity index (χ2v) is 6.28. The van der Waals surface area contributed by atoms with Gasteiger partial charge in [-0.15, -0.1) is 0 Å². The Morgan fingerprint density at radius 2 is 1.52 bits per heavy atom. The molecule has 1 fully saturated rings. The van der Waals surface area contributed by atoms with Crippen LogP contribution in [0.2, 0.25) is 0 Å². The van der Waals surface area contributed by atoms with Crippen LogP contribution in [0.1, 0.15) is 32.1 Å². The molecule has 0 heterocycles. The monoisotopic (exact) mass is 308 g/mol. The molecule has 1 aliphatic rings. The van der Waals surface area contributed by atoms with E-state index >= 15 is 0 Å². The maximum atomic E-state index is 12.4. The van der Waals surface area contributed by atoms with Crippen molar-refractivity contribution >= 4 is 11.7 Å². The fraction of sp³-hybridized carbons (Fsp3) is 0.350. The molecule has 1 saturated carbocycles. The first-order chi connectivity index (χ1) is 11.2. The van der Waals surface area contributed by atoms with Crippen LogP contribution < -0.4 is 5.32 Å². The standard InChI is InChI=1S/C20H24N2O/c1-22(19-10-6-3-7-11-19)20(23)21-18-14-12-17(13-15-18)16-8-4-2-5-9-16/h2,4-5,8-9,12-15,19H,3,6-7,10-11H2,1H3,(H,21,23). The van der Waals surface area contributed by atoms with E-state index in [4.69, 9.17) is 0 Å². The number of amides is 2. The van der Waals surface area contributed by atoms with Gasteiger partial charge in [-0.05, 0) is 36.1 Å². The molecule has 1 aliphatic carbocycles. The van der Waals surface area contributed by atoms with Gasteiger partial charge in [0.05, 0.1) is 0 Å². The Hall–Kier alpha value is -2.29. The van der Waals surface area contributed by atoms with Gasteiger partial charge in [-0.1, -0.05) is 61.7 Å². The van der Waals surface area contributed by atoms with Crippen LogP contribution in [0.5, 0.6) is 0 Å². The SMILES string of the molecule is CN(C(=O)Nc1ccc(-c2ccccc2)cc1)C1CCCCC1. The summed E-state index contributed by atoms with van der Waals surface area (Å²) in [5.41, 5.74) is 3.19. The third kappa shape index (κ3) is 3.92. The van der Waals surface area contributed by atoms with Gasteiger partial charge in [0.25, 0.3) is 0 Å². The Kier molecular flexibility index (Phi) is 4.96. The second-order valence-electron chi connectivity index (χ2n) is 6.28. The lowest BCUT2D eigenvalue weighted by atomic mass is 9.95. The van der Waals surface area contributed by atoms with Gasteiger partial charge >= 0.3 is 6.03 Å². The van der Waals surface area contributed by atoms with Crippen LogP contribution in [0.25, 0.3) is 11.1 Å². The van der Waals surface area contributed by atoms with E-state index in [1.807, 2.05) is 54.4 Å². The van der Waals surface area contributed by atoms with Crippen molar-refractivity contribution in [3.8, 4) is 11.1 Å². The van der Waals surface area contributed by atoms with Gasteiger partial charge in [0.1, 0.15) is 0 Å². The lowest BCUT2D eigenvalue weighted by molar-refractivity contribution is 0.186. The van der Waals surface area contributed by atoms with Gasteiger partial charge in [0.2, 0.25) is 0 Å². The van der Waals surface area contributed by atoms with Crippen LogP contribution >= 0.6 is 0 Å². The Labute approximate surface area is 138 Å². The predicted molar refractivity (Wildman–Crippen MR) is 95.5 cm³/mol. The van der Waals surface area contributed by atoms with Crippen LogP contribution in [0, 0.1) is 0 Å². The molecule has 0 aliphatic heterocycles. The molecule has 0 unspecified atom stereocenters. The molecule has 0 saturated heterocycles. The fourth-order valence-electron chi connectivity index (χ4n) is 3.22. The maximum Gasteiger partial charge on any atom is 0.321 e. The summed E-state index contributed by atoms with van der Waals surface area (Å²) in [6, 6.07) is 18.7. The van der Waals surface area contributed by atoms with Crippen molar-refractivity contribution in [2.24, 2.45) is 0 Å². The Bertz CT molecular complexity index is 630. The number of anilines is 1. The number of rotatable bonds is 3. The van der Waals surface area contributed by atoms with Crippen LogP contribution in [-0.4, -0.2) is 24.0 Å². The van der Waals surface area contributed by atoms with Crippen LogP contribution in [0.15, 0.2) is 54.6 Å². The van der Waals surface area contributed by atoms with Crippen LogP contribution in [0.4, 0.5) is 10.5 Å². The number of benzene rings is 2. The van der Waals surface area contributed by atoms with E-state index < -0.39 is 0 Å². The van der Waals surface area contributed by atoms with Crippen molar-refractivity contribution in [2.45, 2.75) is 38.1 Å². The molecule has 0 radical (unpaired) electrons. The molecule has 3 rings (SSSR count). The quantitative estimate of drug-likeness (QED) is 0.835. The lowest BCUT2D eigenvalue weighted by Crippen LogP contribution is -2.40. The van der Waals surface area contributed by atoms with Crippen molar-refractivity contribution in [3.05, 3.63) is 54.6 Å². The number of carbonyl (C=O) groups is 1. The highest BCUT2D eigenvalue weighted by atomic mass is 16.2. The summed E-state index contributed by atoms with van der Waals surface area (Å²) < 4.78 is 0.